The maximum Gasteiger partial charge on any atom is 0.471 e. The van der Waals surface area contributed by atoms with E-state index in [9.17, 15) is 18.0 Å². The Morgan fingerprint density at radius 1 is 1.08 bits per heavy atom. The van der Waals surface area contributed by atoms with E-state index in [-0.39, 0.29) is 17.9 Å². The topological polar surface area (TPSA) is 86.7 Å². The maximum atomic E-state index is 12.5. The third kappa shape index (κ3) is 3.48. The molecule has 0 bridgehead atoms. The van der Waals surface area contributed by atoms with Crippen molar-refractivity contribution >= 4 is 0 Å². The molecule has 136 valence electrons. The van der Waals surface area contributed by atoms with Gasteiger partial charge in [0.15, 0.2) is 0 Å². The summed E-state index contributed by atoms with van der Waals surface area (Å²) in [4.78, 5) is 24.4. The van der Waals surface area contributed by atoms with Crippen LogP contribution in [0.1, 0.15) is 28.7 Å². The lowest BCUT2D eigenvalue weighted by molar-refractivity contribution is -0.159. The Morgan fingerprint density at radius 2 is 1.77 bits per heavy atom. The first-order valence-corrected chi connectivity index (χ1v) is 7.57. The highest BCUT2D eigenvalue weighted by molar-refractivity contribution is 5.52. The first-order valence-electron chi connectivity index (χ1n) is 7.57. The normalized spacial score (nSPS) is 11.8. The molecule has 0 aromatic carbocycles. The number of nitrogens with zero attached hydrogens (tertiary/aromatic N) is 5. The zero-order valence-corrected chi connectivity index (χ0v) is 14.1. The van der Waals surface area contributed by atoms with Crippen molar-refractivity contribution in [3.8, 4) is 11.4 Å². The first kappa shape index (κ1) is 17.8. The largest absolute Gasteiger partial charge is 0.471 e. The average Bonchev–Trinajstić information content (AvgIpc) is 3.04. The van der Waals surface area contributed by atoms with Crippen LogP contribution in [0.2, 0.25) is 0 Å². The van der Waals surface area contributed by atoms with Crippen molar-refractivity contribution in [1.82, 2.24) is 24.7 Å². The fraction of sp³-hybridized carbons (Fsp3) is 0.312. The molecule has 0 spiro atoms. The highest BCUT2D eigenvalue weighted by Gasteiger charge is 2.38. The number of hydrogen-bond acceptors (Lipinski definition) is 6. The van der Waals surface area contributed by atoms with Gasteiger partial charge >= 0.3 is 12.1 Å². The monoisotopic (exact) mass is 365 g/mol. The molecular weight excluding hydrogens is 351 g/mol. The van der Waals surface area contributed by atoms with Gasteiger partial charge in [0, 0.05) is 17.8 Å². The van der Waals surface area contributed by atoms with Gasteiger partial charge in [-0.3, -0.25) is 14.8 Å². The molecule has 0 N–H and O–H groups in total. The highest BCUT2D eigenvalue weighted by atomic mass is 19.4. The molecule has 0 aliphatic carbocycles. The van der Waals surface area contributed by atoms with Crippen LogP contribution in [0.25, 0.3) is 11.4 Å². The SMILES string of the molecule is Cc1nc(C)c(Cn2ccc(-c3noc(C(F)(F)F)n3)cc2=O)nc1C. The highest BCUT2D eigenvalue weighted by Crippen LogP contribution is 2.29. The molecule has 7 nitrogen and oxygen atoms in total. The second-order valence-corrected chi connectivity index (χ2v) is 5.73. The van der Waals surface area contributed by atoms with Crippen LogP contribution in [0.5, 0.6) is 0 Å². The van der Waals surface area contributed by atoms with E-state index in [4.69, 9.17) is 0 Å². The van der Waals surface area contributed by atoms with E-state index in [1.807, 2.05) is 13.8 Å². The van der Waals surface area contributed by atoms with E-state index in [1.165, 1.54) is 16.8 Å². The molecule has 3 rings (SSSR count). The fourth-order valence-electron chi connectivity index (χ4n) is 2.31. The molecule has 0 amide bonds. The van der Waals surface area contributed by atoms with Gasteiger partial charge in [-0.1, -0.05) is 5.16 Å². The van der Waals surface area contributed by atoms with E-state index in [0.29, 0.717) is 11.4 Å². The third-order valence-electron chi connectivity index (χ3n) is 3.82. The standard InChI is InChI=1S/C16H14F3N5O2/c1-8-9(2)21-12(10(3)20-8)7-24-5-4-11(6-13(24)25)14-22-15(26-23-14)16(17,18)19/h4-6H,7H2,1-3H3. The molecule has 0 aliphatic rings. The van der Waals surface area contributed by atoms with Crippen LogP contribution in [0.4, 0.5) is 13.2 Å². The number of hydrogen-bond donors (Lipinski definition) is 0. The lowest BCUT2D eigenvalue weighted by Gasteiger charge is -2.10. The first-order chi connectivity index (χ1) is 12.1. The van der Waals surface area contributed by atoms with E-state index in [1.54, 1.807) is 6.92 Å². The number of rotatable bonds is 3. The molecule has 0 aliphatic heterocycles. The molecule has 0 radical (unpaired) electrons. The number of pyridine rings is 1. The zero-order valence-electron chi connectivity index (χ0n) is 14.1. The Bertz CT molecular complexity index is 1020. The minimum Gasteiger partial charge on any atom is -0.329 e. The van der Waals surface area contributed by atoms with Crippen LogP contribution in [0.15, 0.2) is 27.6 Å². The van der Waals surface area contributed by atoms with Crippen molar-refractivity contribution in [1.29, 1.82) is 0 Å². The summed E-state index contributed by atoms with van der Waals surface area (Å²) in [6, 6.07) is 2.59. The molecule has 10 heteroatoms. The molecule has 3 aromatic rings. The molecule has 0 fully saturated rings. The Morgan fingerprint density at radius 3 is 2.38 bits per heavy atom. The van der Waals surface area contributed by atoms with Crippen LogP contribution >= 0.6 is 0 Å². The average molecular weight is 365 g/mol. The molecule has 0 saturated carbocycles. The van der Waals surface area contributed by atoms with E-state index < -0.39 is 17.6 Å². The summed E-state index contributed by atoms with van der Waals surface area (Å²) in [5.41, 5.74) is 2.63. The zero-order chi connectivity index (χ0) is 19.1. The number of halogens is 3. The predicted molar refractivity (Wildman–Crippen MR) is 84.3 cm³/mol. The second kappa shape index (κ2) is 6.36. The van der Waals surface area contributed by atoms with Crippen molar-refractivity contribution in [3.05, 3.63) is 57.3 Å². The molecule has 26 heavy (non-hydrogen) atoms. The summed E-state index contributed by atoms with van der Waals surface area (Å²) < 4.78 is 43.1. The number of aromatic nitrogens is 5. The van der Waals surface area contributed by atoms with Crippen LogP contribution < -0.4 is 5.56 Å². The van der Waals surface area contributed by atoms with Gasteiger partial charge in [0.1, 0.15) is 0 Å². The van der Waals surface area contributed by atoms with Crippen LogP contribution in [-0.4, -0.2) is 24.7 Å². The summed E-state index contributed by atoms with van der Waals surface area (Å²) >= 11 is 0. The molecule has 3 heterocycles. The smallest absolute Gasteiger partial charge is 0.329 e. The predicted octanol–water partition coefficient (Wildman–Crippen LogP) is 2.68. The fourth-order valence-corrected chi connectivity index (χ4v) is 2.31. The molecule has 3 aromatic heterocycles. The number of aryl methyl sites for hydroxylation is 3. The minimum absolute atomic E-state index is 0.133. The summed E-state index contributed by atoms with van der Waals surface area (Å²) in [7, 11) is 0. The minimum atomic E-state index is -4.74. The maximum absolute atomic E-state index is 12.5. The molecule has 0 unspecified atom stereocenters. The summed E-state index contributed by atoms with van der Waals surface area (Å²) in [6.45, 7) is 5.66. The van der Waals surface area contributed by atoms with Crippen molar-refractivity contribution in [2.75, 3.05) is 0 Å². The summed E-state index contributed by atoms with van der Waals surface area (Å²) in [5, 5.41) is 3.27. The van der Waals surface area contributed by atoms with Gasteiger partial charge in [-0.25, -0.2) is 0 Å². The van der Waals surface area contributed by atoms with Crippen LogP contribution in [0.3, 0.4) is 0 Å². The van der Waals surface area contributed by atoms with Crippen molar-refractivity contribution in [2.24, 2.45) is 0 Å². The van der Waals surface area contributed by atoms with Gasteiger partial charge in [-0.2, -0.15) is 18.2 Å². The van der Waals surface area contributed by atoms with Gasteiger partial charge in [0.2, 0.25) is 5.82 Å². The Kier molecular flexibility index (Phi) is 4.34. The lowest BCUT2D eigenvalue weighted by Crippen LogP contribution is -2.21. The Balaban J connectivity index is 1.90. The molecular formula is C16H14F3N5O2. The van der Waals surface area contributed by atoms with Crippen LogP contribution in [-0.2, 0) is 12.7 Å². The summed E-state index contributed by atoms with van der Waals surface area (Å²) in [5.74, 6) is -1.76. The number of alkyl halides is 3. The van der Waals surface area contributed by atoms with Gasteiger partial charge < -0.3 is 9.09 Å². The van der Waals surface area contributed by atoms with Crippen molar-refractivity contribution < 1.29 is 17.7 Å². The van der Waals surface area contributed by atoms with E-state index in [2.05, 4.69) is 24.6 Å². The van der Waals surface area contributed by atoms with Gasteiger partial charge in [-0.05, 0) is 26.8 Å². The Labute approximate surface area is 145 Å². The van der Waals surface area contributed by atoms with Crippen molar-refractivity contribution in [2.45, 2.75) is 33.5 Å². The van der Waals surface area contributed by atoms with Gasteiger partial charge in [0.05, 0.1) is 29.3 Å². The quantitative estimate of drug-likeness (QED) is 0.709. The van der Waals surface area contributed by atoms with Gasteiger partial charge in [0.25, 0.3) is 5.56 Å². The molecule has 0 atom stereocenters. The Hall–Kier alpha value is -3.04. The summed E-state index contributed by atoms with van der Waals surface area (Å²) in [6.07, 6.45) is -3.29. The second-order valence-electron chi connectivity index (χ2n) is 5.73. The third-order valence-corrected chi connectivity index (χ3v) is 3.82. The van der Waals surface area contributed by atoms with E-state index >= 15 is 0 Å². The van der Waals surface area contributed by atoms with Crippen molar-refractivity contribution in [3.63, 3.8) is 0 Å². The van der Waals surface area contributed by atoms with E-state index in [0.717, 1.165) is 17.5 Å². The van der Waals surface area contributed by atoms with Gasteiger partial charge in [-0.15, -0.1) is 0 Å². The van der Waals surface area contributed by atoms with Crippen LogP contribution in [0, 0.1) is 20.8 Å². The molecule has 0 saturated heterocycles. The lowest BCUT2D eigenvalue weighted by atomic mass is 10.2.